The van der Waals surface area contributed by atoms with Crippen LogP contribution in [-0.4, -0.2) is 79.6 Å². The number of phenols is 4. The van der Waals surface area contributed by atoms with Gasteiger partial charge >= 0.3 is 17.9 Å². The number of methoxy groups -OCH3 is 1. The molecule has 0 amide bonds. The number of aromatic hydroxyl groups is 4. The lowest BCUT2D eigenvalue weighted by Crippen LogP contribution is -2.58. The Labute approximate surface area is 229 Å². The summed E-state index contributed by atoms with van der Waals surface area (Å²) in [4.78, 5) is 37.2. The van der Waals surface area contributed by atoms with Crippen LogP contribution in [0, 0.1) is 0 Å². The van der Waals surface area contributed by atoms with Crippen LogP contribution in [0.1, 0.15) is 24.0 Å². The second-order valence-corrected chi connectivity index (χ2v) is 9.23. The van der Waals surface area contributed by atoms with Gasteiger partial charge in [-0.1, -0.05) is 24.3 Å². The molecule has 6 N–H and O–H groups in total. The number of aliphatic hydroxyl groups is 2. The molecule has 2 aromatic rings. The molecule has 1 aliphatic carbocycles. The van der Waals surface area contributed by atoms with Crippen LogP contribution >= 0.6 is 0 Å². The number of phenolic OH excluding ortho intramolecular Hbond substituents is 4. The Hall–Kier alpha value is -4.55. The van der Waals surface area contributed by atoms with E-state index in [9.17, 15) is 45.0 Å². The van der Waals surface area contributed by atoms with Crippen molar-refractivity contribution in [2.75, 3.05) is 7.11 Å². The minimum atomic E-state index is -2.20. The number of carbonyl (C=O) groups is 3. The van der Waals surface area contributed by atoms with Gasteiger partial charge in [-0.15, -0.1) is 0 Å². The van der Waals surface area contributed by atoms with Crippen molar-refractivity contribution in [1.82, 2.24) is 0 Å². The molecule has 4 atom stereocenters. The van der Waals surface area contributed by atoms with Crippen LogP contribution < -0.4 is 0 Å². The molecule has 0 aromatic heterocycles. The Morgan fingerprint density at radius 2 is 1.32 bits per heavy atom. The van der Waals surface area contributed by atoms with Gasteiger partial charge in [0.05, 0.1) is 13.2 Å². The first kappa shape index (κ1) is 30.0. The molecule has 0 bridgehead atoms. The lowest BCUT2D eigenvalue weighted by Gasteiger charge is -2.41. The number of carbonyl (C=O) groups excluding carboxylic acids is 3. The summed E-state index contributed by atoms with van der Waals surface area (Å²) in [6.07, 6.45) is -0.184. The summed E-state index contributed by atoms with van der Waals surface area (Å²) >= 11 is 0. The summed E-state index contributed by atoms with van der Waals surface area (Å²) in [6, 6.07) is 8.28. The first-order valence-electron chi connectivity index (χ1n) is 12.2. The minimum absolute atomic E-state index is 0.185. The Morgan fingerprint density at radius 1 is 0.825 bits per heavy atom. The summed E-state index contributed by atoms with van der Waals surface area (Å²) in [7, 11) is 1.04. The van der Waals surface area contributed by atoms with Crippen molar-refractivity contribution in [3.05, 3.63) is 71.8 Å². The number of hydrogen-bond acceptors (Lipinski definition) is 12. The van der Waals surface area contributed by atoms with Crippen LogP contribution in [0.15, 0.2) is 60.7 Å². The van der Waals surface area contributed by atoms with Crippen LogP contribution in [-0.2, 0) is 41.4 Å². The second kappa shape index (κ2) is 13.0. The summed E-state index contributed by atoms with van der Waals surface area (Å²) in [5.74, 6) is -4.12. The van der Waals surface area contributed by atoms with E-state index in [4.69, 9.17) is 9.47 Å². The van der Waals surface area contributed by atoms with Crippen LogP contribution in [0.3, 0.4) is 0 Å². The predicted octanol–water partition coefficient (Wildman–Crippen LogP) is 1.29. The second-order valence-electron chi connectivity index (χ2n) is 9.23. The molecular weight excluding hydrogens is 528 g/mol. The average molecular weight is 559 g/mol. The van der Waals surface area contributed by atoms with Gasteiger partial charge in [-0.2, -0.15) is 0 Å². The summed E-state index contributed by atoms with van der Waals surface area (Å²) in [5, 5.41) is 59.3. The molecule has 0 radical (unpaired) electrons. The third-order valence-corrected chi connectivity index (χ3v) is 6.21. The van der Waals surface area contributed by atoms with Gasteiger partial charge in [-0.05, 0) is 48.2 Å². The molecule has 0 heterocycles. The molecule has 214 valence electrons. The highest BCUT2D eigenvalue weighted by Crippen LogP contribution is 2.34. The lowest BCUT2D eigenvalue weighted by molar-refractivity contribution is -0.206. The third-order valence-electron chi connectivity index (χ3n) is 6.21. The highest BCUT2D eigenvalue weighted by molar-refractivity contribution is 5.84. The van der Waals surface area contributed by atoms with E-state index in [0.717, 1.165) is 19.3 Å². The highest BCUT2D eigenvalue weighted by Gasteiger charge is 2.52. The van der Waals surface area contributed by atoms with Gasteiger partial charge in [0.1, 0.15) is 6.10 Å². The van der Waals surface area contributed by atoms with Crippen molar-refractivity contribution in [2.45, 2.75) is 49.6 Å². The molecule has 3 rings (SSSR count). The van der Waals surface area contributed by atoms with Gasteiger partial charge < -0.3 is 44.8 Å². The largest absolute Gasteiger partial charge is 0.504 e. The van der Waals surface area contributed by atoms with E-state index >= 15 is 0 Å². The fourth-order valence-corrected chi connectivity index (χ4v) is 4.20. The zero-order chi connectivity index (χ0) is 29.4. The topological polar surface area (TPSA) is 200 Å². The van der Waals surface area contributed by atoms with E-state index in [-0.39, 0.29) is 35.8 Å². The fraction of sp³-hybridized carbons (Fsp3) is 0.321. The maximum atomic E-state index is 12.5. The number of rotatable bonds is 9. The van der Waals surface area contributed by atoms with Crippen molar-refractivity contribution in [3.63, 3.8) is 0 Å². The Balaban J connectivity index is 1.69. The first-order valence-corrected chi connectivity index (χ1v) is 12.2. The monoisotopic (exact) mass is 558 g/mol. The Morgan fingerprint density at radius 3 is 1.80 bits per heavy atom. The number of aliphatic hydroxyl groups excluding tert-OH is 1. The van der Waals surface area contributed by atoms with E-state index in [0.29, 0.717) is 11.1 Å². The van der Waals surface area contributed by atoms with Crippen LogP contribution in [0.2, 0.25) is 0 Å². The lowest BCUT2D eigenvalue weighted by atomic mass is 9.79. The molecule has 0 spiro atoms. The third kappa shape index (κ3) is 7.74. The molecular formula is C28H30O12. The molecule has 0 aliphatic heterocycles. The summed E-state index contributed by atoms with van der Waals surface area (Å²) in [6.45, 7) is 0. The molecule has 12 nitrogen and oxygen atoms in total. The predicted molar refractivity (Wildman–Crippen MR) is 137 cm³/mol. The maximum Gasteiger partial charge on any atom is 0.338 e. The molecule has 0 unspecified atom stereocenters. The van der Waals surface area contributed by atoms with Gasteiger partial charge in [-0.25, -0.2) is 14.4 Å². The maximum absolute atomic E-state index is 12.5. The normalized spacial score (nSPS) is 22.7. The van der Waals surface area contributed by atoms with E-state index in [1.165, 1.54) is 48.6 Å². The van der Waals surface area contributed by atoms with E-state index < -0.39 is 54.7 Å². The van der Waals surface area contributed by atoms with Gasteiger partial charge in [-0.3, -0.25) is 0 Å². The van der Waals surface area contributed by atoms with E-state index in [1.807, 2.05) is 0 Å². The number of hydrogen-bond donors (Lipinski definition) is 6. The van der Waals surface area contributed by atoms with Crippen LogP contribution in [0.5, 0.6) is 23.0 Å². The fourth-order valence-electron chi connectivity index (χ4n) is 4.20. The first-order chi connectivity index (χ1) is 18.9. The van der Waals surface area contributed by atoms with Crippen LogP contribution in [0.4, 0.5) is 0 Å². The molecule has 1 saturated carbocycles. The number of esters is 3. The smallest absolute Gasteiger partial charge is 0.338 e. The minimum Gasteiger partial charge on any atom is -0.504 e. The van der Waals surface area contributed by atoms with Gasteiger partial charge in [0, 0.05) is 25.0 Å². The van der Waals surface area contributed by atoms with Crippen molar-refractivity contribution < 1.29 is 59.2 Å². The zero-order valence-corrected chi connectivity index (χ0v) is 21.5. The highest BCUT2D eigenvalue weighted by atomic mass is 16.6. The quantitative estimate of drug-likeness (QED) is 0.112. The van der Waals surface area contributed by atoms with Gasteiger partial charge in [0.2, 0.25) is 0 Å². The SMILES string of the molecule is COC(=O)[C@@]1(O)C[C@@H](O)[C@H](OC(=O)/C=C/Cc2ccc(O)c(O)c2)[C@H](OC(=O)/C=C/Cc2ccc(O)c(O)c2)C1. The summed E-state index contributed by atoms with van der Waals surface area (Å²) in [5.41, 5.74) is -1.04. The van der Waals surface area contributed by atoms with Crippen molar-refractivity contribution >= 4 is 17.9 Å². The molecule has 1 aliphatic rings. The van der Waals surface area contributed by atoms with Crippen molar-refractivity contribution in [1.29, 1.82) is 0 Å². The summed E-state index contributed by atoms with van der Waals surface area (Å²) < 4.78 is 15.3. The standard InChI is InChI=1S/C28H30O12/c1-38-27(36)28(37)14-22(33)26(40-25(35)7-3-5-17-9-11-19(30)21(32)13-17)23(15-28)39-24(34)6-2-4-16-8-10-18(29)20(31)12-16/h2-3,6-13,22-23,26,29-33,37H,4-5,14-15H2,1H3/b6-2+,7-3+/t22-,23-,26+,28-/m1/s1. The zero-order valence-electron chi connectivity index (χ0n) is 21.5. The van der Waals surface area contributed by atoms with Gasteiger partial charge in [0.15, 0.2) is 34.7 Å². The van der Waals surface area contributed by atoms with Gasteiger partial charge in [0.25, 0.3) is 0 Å². The van der Waals surface area contributed by atoms with Crippen molar-refractivity contribution in [3.8, 4) is 23.0 Å². The number of ether oxygens (including phenoxy) is 3. The molecule has 0 saturated heterocycles. The van der Waals surface area contributed by atoms with Crippen LogP contribution in [0.25, 0.3) is 0 Å². The number of allylic oxidation sites excluding steroid dienone is 2. The van der Waals surface area contributed by atoms with E-state index in [2.05, 4.69) is 4.74 Å². The Kier molecular flexibility index (Phi) is 9.75. The molecule has 40 heavy (non-hydrogen) atoms. The van der Waals surface area contributed by atoms with E-state index in [1.54, 1.807) is 0 Å². The average Bonchev–Trinajstić information content (AvgIpc) is 2.89. The molecule has 2 aromatic carbocycles. The molecule has 1 fully saturated rings. The number of benzene rings is 2. The molecule has 12 heteroatoms. The Bertz CT molecular complexity index is 1300. The van der Waals surface area contributed by atoms with Crippen molar-refractivity contribution in [2.24, 2.45) is 0 Å².